The fourth-order valence-electron chi connectivity index (χ4n) is 12.7. The van der Waals surface area contributed by atoms with E-state index < -0.39 is 0 Å². The van der Waals surface area contributed by atoms with Gasteiger partial charge in [-0.1, -0.05) is 155 Å². The predicted octanol–water partition coefficient (Wildman–Crippen LogP) is 17.9. The van der Waals surface area contributed by atoms with E-state index in [-0.39, 0.29) is 10.8 Å². The number of hydrogen-bond donors (Lipinski definition) is 0. The van der Waals surface area contributed by atoms with E-state index in [1.54, 1.807) is 0 Å². The van der Waals surface area contributed by atoms with Crippen LogP contribution in [0.1, 0.15) is 49.9 Å². The second-order valence-electron chi connectivity index (χ2n) is 20.5. The molecule has 3 aromatic heterocycles. The molecule has 3 heterocycles. The van der Waals surface area contributed by atoms with E-state index in [1.807, 2.05) is 0 Å². The molecule has 2 aliphatic rings. The topological polar surface area (TPSA) is 26.2 Å². The van der Waals surface area contributed by atoms with Gasteiger partial charge in [-0.25, -0.2) is 0 Å². The average Bonchev–Trinajstić information content (AvgIpc) is 4.16. The van der Waals surface area contributed by atoms with E-state index >= 15 is 0 Å². The Morgan fingerprint density at radius 3 is 1.37 bits per heavy atom. The van der Waals surface area contributed by atoms with Crippen LogP contribution in [-0.2, 0) is 10.8 Å². The van der Waals surface area contributed by atoms with Crippen LogP contribution in [0.25, 0.3) is 99.2 Å². The Morgan fingerprint density at radius 1 is 0.329 bits per heavy atom. The number of benzene rings is 10. The molecule has 0 atom stereocenters. The fraction of sp³-hybridized carbons (Fsp3) is 0.0909. The minimum atomic E-state index is -0.287. The van der Waals surface area contributed by atoms with E-state index in [4.69, 9.17) is 4.42 Å². The van der Waals surface area contributed by atoms with Crippen LogP contribution in [0.4, 0.5) is 17.1 Å². The van der Waals surface area contributed by atoms with Crippen molar-refractivity contribution < 1.29 is 4.42 Å². The highest BCUT2D eigenvalue weighted by Gasteiger charge is 2.38. The van der Waals surface area contributed by atoms with Crippen molar-refractivity contribution in [2.45, 2.75) is 38.5 Å². The molecule has 332 valence electrons. The van der Waals surface area contributed by atoms with Gasteiger partial charge in [0.25, 0.3) is 0 Å². The van der Waals surface area contributed by atoms with E-state index in [2.05, 4.69) is 254 Å². The number of rotatable bonds is 5. The normalized spacial score (nSPS) is 14.2. The van der Waals surface area contributed by atoms with Crippen LogP contribution < -0.4 is 4.90 Å². The maximum Gasteiger partial charge on any atom is 0.160 e. The molecular weight excluding hydrogens is 851 g/mol. The van der Waals surface area contributed by atoms with Crippen molar-refractivity contribution in [3.63, 3.8) is 0 Å². The largest absolute Gasteiger partial charge is 0.452 e. The van der Waals surface area contributed by atoms with Crippen LogP contribution >= 0.6 is 0 Å². The zero-order valence-electron chi connectivity index (χ0n) is 39.5. The molecule has 0 unspecified atom stereocenters. The van der Waals surface area contributed by atoms with Gasteiger partial charge in [-0.05, 0) is 129 Å². The maximum absolute atomic E-state index is 7.36. The van der Waals surface area contributed by atoms with Gasteiger partial charge < -0.3 is 18.5 Å². The first-order valence-corrected chi connectivity index (χ1v) is 24.5. The zero-order chi connectivity index (χ0) is 46.6. The van der Waals surface area contributed by atoms with Crippen molar-refractivity contribution in [1.82, 2.24) is 9.13 Å². The highest BCUT2D eigenvalue weighted by atomic mass is 16.3. The van der Waals surface area contributed by atoms with Gasteiger partial charge in [0.05, 0.1) is 22.1 Å². The van der Waals surface area contributed by atoms with Crippen molar-refractivity contribution in [1.29, 1.82) is 0 Å². The second-order valence-corrected chi connectivity index (χ2v) is 20.5. The van der Waals surface area contributed by atoms with E-state index in [9.17, 15) is 0 Å². The van der Waals surface area contributed by atoms with Crippen LogP contribution in [0, 0.1) is 0 Å². The molecule has 0 saturated heterocycles. The van der Waals surface area contributed by atoms with Crippen molar-refractivity contribution in [3.8, 4) is 33.6 Å². The molecule has 0 fully saturated rings. The Bertz CT molecular complexity index is 4350. The first kappa shape index (κ1) is 39.4. The number of fused-ring (bicyclic) bond motifs is 17. The molecule has 10 aromatic carbocycles. The van der Waals surface area contributed by atoms with Gasteiger partial charge in [0, 0.05) is 71.6 Å². The molecular formula is C66H47N3O. The summed E-state index contributed by atoms with van der Waals surface area (Å²) in [6.45, 7) is 9.52. The first-order chi connectivity index (χ1) is 34.3. The van der Waals surface area contributed by atoms with Gasteiger partial charge in [-0.3, -0.25) is 0 Å². The summed E-state index contributed by atoms with van der Waals surface area (Å²) in [5.41, 5.74) is 22.2. The molecule has 15 rings (SSSR count). The number of aromatic nitrogens is 2. The molecule has 4 heteroatoms. The monoisotopic (exact) mass is 897 g/mol. The Hall–Kier alpha value is -8.60. The van der Waals surface area contributed by atoms with Gasteiger partial charge in [0.1, 0.15) is 0 Å². The molecule has 13 aromatic rings. The van der Waals surface area contributed by atoms with Gasteiger partial charge in [-0.2, -0.15) is 0 Å². The summed E-state index contributed by atoms with van der Waals surface area (Å²) in [6.07, 6.45) is 0. The predicted molar refractivity (Wildman–Crippen MR) is 292 cm³/mol. The summed E-state index contributed by atoms with van der Waals surface area (Å²) >= 11 is 0. The molecule has 0 N–H and O–H groups in total. The summed E-state index contributed by atoms with van der Waals surface area (Å²) < 4.78 is 12.2. The molecule has 0 radical (unpaired) electrons. The molecule has 0 amide bonds. The van der Waals surface area contributed by atoms with Crippen molar-refractivity contribution >= 4 is 82.6 Å². The van der Waals surface area contributed by atoms with Crippen molar-refractivity contribution in [2.75, 3.05) is 4.90 Å². The van der Waals surface area contributed by atoms with Gasteiger partial charge in [0.15, 0.2) is 11.2 Å². The third-order valence-corrected chi connectivity index (χ3v) is 16.1. The van der Waals surface area contributed by atoms with Crippen LogP contribution in [0.15, 0.2) is 217 Å². The number of nitrogens with zero attached hydrogens (tertiary/aromatic N) is 3. The molecule has 0 saturated carbocycles. The van der Waals surface area contributed by atoms with Crippen LogP contribution in [0.3, 0.4) is 0 Å². The zero-order valence-corrected chi connectivity index (χ0v) is 39.5. The van der Waals surface area contributed by atoms with Crippen molar-refractivity contribution in [2.24, 2.45) is 0 Å². The number of para-hydroxylation sites is 4. The SMILES string of the molecule is CC1(C)c2ccccc2-c2ccc(N(c3ccccc3)c3ccc4c(c3)C(C)(C)c3cc(-n5c6ccccc6c6ccc7c8ccc9c%10ccccc%10n(-c%10ccccc%10)c9c8oc7c65)ccc3-4)cc21. The fourth-order valence-corrected chi connectivity index (χ4v) is 12.7. The van der Waals surface area contributed by atoms with E-state index in [0.29, 0.717) is 0 Å². The Balaban J connectivity index is 0.901. The second kappa shape index (κ2) is 14.0. The Morgan fingerprint density at radius 2 is 0.771 bits per heavy atom. The summed E-state index contributed by atoms with van der Waals surface area (Å²) in [5, 5.41) is 6.99. The summed E-state index contributed by atoms with van der Waals surface area (Å²) in [7, 11) is 0. The lowest BCUT2D eigenvalue weighted by Crippen LogP contribution is -2.18. The Labute approximate surface area is 405 Å². The molecule has 2 aliphatic carbocycles. The van der Waals surface area contributed by atoms with Gasteiger partial charge in [0.2, 0.25) is 0 Å². The molecule has 0 aliphatic heterocycles. The number of hydrogen-bond acceptors (Lipinski definition) is 2. The third kappa shape index (κ3) is 5.20. The highest BCUT2D eigenvalue weighted by molar-refractivity contribution is 6.26. The van der Waals surface area contributed by atoms with Crippen LogP contribution in [-0.4, -0.2) is 9.13 Å². The number of anilines is 3. The summed E-state index contributed by atoms with van der Waals surface area (Å²) in [4.78, 5) is 2.44. The van der Waals surface area contributed by atoms with Crippen molar-refractivity contribution in [3.05, 3.63) is 235 Å². The van der Waals surface area contributed by atoms with Gasteiger partial charge >= 0.3 is 0 Å². The molecule has 70 heavy (non-hydrogen) atoms. The third-order valence-electron chi connectivity index (χ3n) is 16.1. The molecule has 0 spiro atoms. The van der Waals surface area contributed by atoms with Crippen LogP contribution in [0.5, 0.6) is 0 Å². The molecule has 0 bridgehead atoms. The summed E-state index contributed by atoms with van der Waals surface area (Å²) in [6, 6.07) is 78.3. The first-order valence-electron chi connectivity index (χ1n) is 24.5. The smallest absolute Gasteiger partial charge is 0.160 e. The maximum atomic E-state index is 7.36. The average molecular weight is 898 g/mol. The lowest BCUT2D eigenvalue weighted by atomic mass is 9.82. The minimum Gasteiger partial charge on any atom is -0.452 e. The number of furan rings is 1. The standard InChI is InChI=1S/C66H47N3O/c1-65(2)55-24-14-11-21-45(55)46-30-27-42(37-56(46)65)67(40-17-7-5-8-18-40)43-28-31-47-48-32-29-44(39-58(48)66(3,4)57(47)38-43)69-60-26-16-13-23-50(60)52-34-36-54-53-35-33-51-49-22-12-15-25-59(49)68(41-19-9-6-10-20-41)61(51)63(53)70-64(54)62(52)69/h5-39H,1-4H3. The highest BCUT2D eigenvalue weighted by Crippen LogP contribution is 2.54. The lowest BCUT2D eigenvalue weighted by molar-refractivity contribution is 0.659. The quantitative estimate of drug-likeness (QED) is 0.172. The van der Waals surface area contributed by atoms with E-state index in [1.165, 1.54) is 66.1 Å². The lowest BCUT2D eigenvalue weighted by Gasteiger charge is -2.29. The van der Waals surface area contributed by atoms with Gasteiger partial charge in [-0.15, -0.1) is 0 Å². The van der Waals surface area contributed by atoms with Crippen LogP contribution in [0.2, 0.25) is 0 Å². The summed E-state index contributed by atoms with van der Waals surface area (Å²) in [5.74, 6) is 0. The molecule has 4 nitrogen and oxygen atoms in total. The Kier molecular flexibility index (Phi) is 7.88. The minimum absolute atomic E-state index is 0.105. The van der Waals surface area contributed by atoms with E-state index in [0.717, 1.165) is 72.4 Å².